The maximum absolute atomic E-state index is 13.5. The molecule has 0 fully saturated rings. The van der Waals surface area contributed by atoms with Crippen LogP contribution in [0.1, 0.15) is 30.6 Å². The van der Waals surface area contributed by atoms with Crippen molar-refractivity contribution in [3.63, 3.8) is 0 Å². The molecule has 0 radical (unpaired) electrons. The highest BCUT2D eigenvalue weighted by Gasteiger charge is 2.21. The van der Waals surface area contributed by atoms with E-state index in [1.165, 1.54) is 24.3 Å². The van der Waals surface area contributed by atoms with Crippen LogP contribution in [0.4, 0.5) is 28.9 Å². The third-order valence-corrected chi connectivity index (χ3v) is 3.40. The van der Waals surface area contributed by atoms with E-state index < -0.39 is 29.2 Å². The average molecular weight is 341 g/mol. The van der Waals surface area contributed by atoms with Crippen molar-refractivity contribution >= 4 is 17.3 Å². The van der Waals surface area contributed by atoms with Gasteiger partial charge in [0, 0.05) is 17.3 Å². The summed E-state index contributed by atoms with van der Waals surface area (Å²) in [7, 11) is 0. The molecule has 2 rings (SSSR count). The zero-order valence-corrected chi connectivity index (χ0v) is 13.0. The summed E-state index contributed by atoms with van der Waals surface area (Å²) in [6, 6.07) is 5.57. The van der Waals surface area contributed by atoms with Crippen molar-refractivity contribution in [1.82, 2.24) is 10.3 Å². The summed E-state index contributed by atoms with van der Waals surface area (Å²) in [5.41, 5.74) is -0.497. The molecule has 1 atom stereocenters. The second-order valence-corrected chi connectivity index (χ2v) is 5.18. The minimum atomic E-state index is -1.75. The number of hydrogen-bond acceptors (Lipinski definition) is 3. The molecule has 0 saturated heterocycles. The first-order valence-corrected chi connectivity index (χ1v) is 7.21. The highest BCUT2D eigenvalue weighted by atomic mass is 19.2. The van der Waals surface area contributed by atoms with Crippen LogP contribution in [0, 0.1) is 23.5 Å². The van der Waals surface area contributed by atoms with Gasteiger partial charge >= 0.3 is 0 Å². The molecule has 8 heteroatoms. The molecule has 1 unspecified atom stereocenters. The molecule has 0 aliphatic heterocycles. The fourth-order valence-corrected chi connectivity index (χ4v) is 1.86. The average Bonchev–Trinajstić information content (AvgIpc) is 2.57. The molecule has 0 aliphatic carbocycles. The summed E-state index contributed by atoms with van der Waals surface area (Å²) in [4.78, 5) is 14.4. The summed E-state index contributed by atoms with van der Waals surface area (Å²) >= 11 is 0. The molecule has 1 amide bonds. The van der Waals surface area contributed by atoms with E-state index in [0.29, 0.717) is 5.56 Å². The van der Waals surface area contributed by atoms with E-state index in [9.17, 15) is 22.4 Å². The number of anilines is 2. The zero-order chi connectivity index (χ0) is 17.9. The Kier molecular flexibility index (Phi) is 5.38. The van der Waals surface area contributed by atoms with Crippen LogP contribution in [0.5, 0.6) is 0 Å². The van der Waals surface area contributed by atoms with Crippen LogP contribution in [-0.2, 0) is 0 Å². The van der Waals surface area contributed by atoms with E-state index in [-0.39, 0.29) is 17.6 Å². The monoisotopic (exact) mass is 341 g/mol. The number of carbonyl (C=O) groups is 1. The molecule has 2 N–H and O–H groups in total. The van der Waals surface area contributed by atoms with Crippen LogP contribution in [0.15, 0.2) is 24.3 Å². The number of nitrogens with zero attached hydrogens (tertiary/aromatic N) is 1. The summed E-state index contributed by atoms with van der Waals surface area (Å²) in [5, 5.41) is 5.00. The van der Waals surface area contributed by atoms with Gasteiger partial charge in [-0.05, 0) is 37.6 Å². The van der Waals surface area contributed by atoms with Crippen molar-refractivity contribution < 1.29 is 22.4 Å². The Morgan fingerprint density at radius 1 is 1.08 bits per heavy atom. The molecule has 1 aromatic heterocycles. The fourth-order valence-electron chi connectivity index (χ4n) is 1.86. The molecular formula is C16H15F4N3O. The molecule has 4 nitrogen and oxygen atoms in total. The molecule has 0 aliphatic rings. The van der Waals surface area contributed by atoms with E-state index >= 15 is 0 Å². The van der Waals surface area contributed by atoms with Crippen molar-refractivity contribution in [3.8, 4) is 0 Å². The van der Waals surface area contributed by atoms with Crippen molar-refractivity contribution in [2.45, 2.75) is 26.3 Å². The smallest absolute Gasteiger partial charge is 0.253 e. The maximum Gasteiger partial charge on any atom is 0.253 e. The summed E-state index contributed by atoms with van der Waals surface area (Å²) < 4.78 is 53.2. The van der Waals surface area contributed by atoms with Gasteiger partial charge in [-0.1, -0.05) is 6.92 Å². The van der Waals surface area contributed by atoms with Crippen LogP contribution in [-0.4, -0.2) is 16.9 Å². The Labute approximate surface area is 135 Å². The second kappa shape index (κ2) is 7.29. The number of pyridine rings is 1. The Hall–Kier alpha value is -2.64. The van der Waals surface area contributed by atoms with Crippen molar-refractivity contribution in [1.29, 1.82) is 0 Å². The van der Waals surface area contributed by atoms with Crippen molar-refractivity contribution in [2.24, 2.45) is 0 Å². The number of halogens is 4. The predicted molar refractivity (Wildman–Crippen MR) is 81.0 cm³/mol. The first-order chi connectivity index (χ1) is 11.3. The Balaban J connectivity index is 2.20. The van der Waals surface area contributed by atoms with Gasteiger partial charge in [-0.15, -0.1) is 0 Å². The number of rotatable bonds is 5. The van der Waals surface area contributed by atoms with Crippen LogP contribution in [0.2, 0.25) is 0 Å². The maximum atomic E-state index is 13.5. The molecule has 0 spiro atoms. The minimum absolute atomic E-state index is 0.00117. The van der Waals surface area contributed by atoms with Gasteiger partial charge in [-0.2, -0.15) is 22.5 Å². The Morgan fingerprint density at radius 3 is 2.12 bits per heavy atom. The van der Waals surface area contributed by atoms with Gasteiger partial charge in [0.1, 0.15) is 5.69 Å². The second-order valence-electron chi connectivity index (χ2n) is 5.18. The van der Waals surface area contributed by atoms with Crippen molar-refractivity contribution in [2.75, 3.05) is 5.32 Å². The number of nitrogens with one attached hydrogen (secondary N) is 2. The predicted octanol–water partition coefficient (Wildman–Crippen LogP) is 3.91. The van der Waals surface area contributed by atoms with Gasteiger partial charge in [-0.25, -0.2) is 0 Å². The first-order valence-electron chi connectivity index (χ1n) is 7.21. The summed E-state index contributed by atoms with van der Waals surface area (Å²) in [6.45, 7) is 3.78. The van der Waals surface area contributed by atoms with Gasteiger partial charge in [0.2, 0.25) is 11.6 Å². The van der Waals surface area contributed by atoms with Crippen LogP contribution >= 0.6 is 0 Å². The molecule has 1 heterocycles. The lowest BCUT2D eigenvalue weighted by atomic mass is 10.1. The van der Waals surface area contributed by atoms with E-state index in [4.69, 9.17) is 0 Å². The summed E-state index contributed by atoms with van der Waals surface area (Å²) in [5.74, 6) is -7.06. The van der Waals surface area contributed by atoms with Crippen LogP contribution in [0.3, 0.4) is 0 Å². The fraction of sp³-hybridized carbons (Fsp3) is 0.250. The van der Waals surface area contributed by atoms with Gasteiger partial charge in [0.25, 0.3) is 17.8 Å². The van der Waals surface area contributed by atoms with E-state index in [1.807, 2.05) is 13.8 Å². The van der Waals surface area contributed by atoms with Gasteiger partial charge in [0.05, 0.1) is 0 Å². The molecule has 0 saturated carbocycles. The number of aromatic nitrogens is 1. The molecule has 1 aromatic carbocycles. The zero-order valence-electron chi connectivity index (χ0n) is 13.0. The number of carbonyl (C=O) groups excluding carboxylic acids is 1. The van der Waals surface area contributed by atoms with Crippen LogP contribution < -0.4 is 10.6 Å². The topological polar surface area (TPSA) is 54.0 Å². The summed E-state index contributed by atoms with van der Waals surface area (Å²) in [6.07, 6.45) is 0.767. The first kappa shape index (κ1) is 17.7. The quantitative estimate of drug-likeness (QED) is 0.640. The molecule has 128 valence electrons. The molecule has 2 aromatic rings. The van der Waals surface area contributed by atoms with Gasteiger partial charge in [-0.3, -0.25) is 4.79 Å². The van der Waals surface area contributed by atoms with E-state index in [0.717, 1.165) is 6.42 Å². The Morgan fingerprint density at radius 2 is 1.62 bits per heavy atom. The van der Waals surface area contributed by atoms with Gasteiger partial charge in [0.15, 0.2) is 0 Å². The number of hydrogen-bond donors (Lipinski definition) is 2. The largest absolute Gasteiger partial charge is 0.350 e. The molecular weight excluding hydrogens is 326 g/mol. The lowest BCUT2D eigenvalue weighted by molar-refractivity contribution is 0.0939. The lowest BCUT2D eigenvalue weighted by Crippen LogP contribution is -2.31. The SMILES string of the molecule is CCC(C)NC(=O)c1ccc(Nc2c(F)c(F)nc(F)c2F)cc1. The molecule has 24 heavy (non-hydrogen) atoms. The normalized spacial score (nSPS) is 11.9. The molecule has 0 bridgehead atoms. The van der Waals surface area contributed by atoms with Crippen molar-refractivity contribution in [3.05, 3.63) is 53.4 Å². The Bertz CT molecular complexity index is 724. The van der Waals surface area contributed by atoms with E-state index in [2.05, 4.69) is 15.6 Å². The van der Waals surface area contributed by atoms with E-state index in [1.54, 1.807) is 0 Å². The number of amides is 1. The third kappa shape index (κ3) is 3.81. The number of benzene rings is 1. The highest BCUT2D eigenvalue weighted by molar-refractivity contribution is 5.94. The third-order valence-electron chi connectivity index (χ3n) is 3.40. The highest BCUT2D eigenvalue weighted by Crippen LogP contribution is 2.26. The lowest BCUT2D eigenvalue weighted by Gasteiger charge is -2.12. The standard InChI is InChI=1S/C16H15F4N3O/c1-3-8(2)21-16(24)9-4-6-10(7-5-9)22-13-11(17)14(19)23-15(20)12(13)18/h4-8H,3H2,1-2H3,(H,21,24)(H,22,23). The minimum Gasteiger partial charge on any atom is -0.350 e. The van der Waals surface area contributed by atoms with Gasteiger partial charge < -0.3 is 10.6 Å². The van der Waals surface area contributed by atoms with Crippen LogP contribution in [0.25, 0.3) is 0 Å².